The monoisotopic (exact) mass is 223 g/mol. The molecule has 0 bridgehead atoms. The molecule has 5 nitrogen and oxygen atoms in total. The maximum absolute atomic E-state index is 12.5. The topological polar surface area (TPSA) is 85.2 Å². The van der Waals surface area contributed by atoms with Crippen molar-refractivity contribution in [2.24, 2.45) is 5.73 Å². The van der Waals surface area contributed by atoms with Crippen LogP contribution >= 0.6 is 0 Å². The van der Waals surface area contributed by atoms with E-state index in [1.165, 1.54) is 18.2 Å². The molecule has 0 saturated carbocycles. The van der Waals surface area contributed by atoms with E-state index in [0.29, 0.717) is 11.1 Å². The highest BCUT2D eigenvalue weighted by Crippen LogP contribution is 2.28. The van der Waals surface area contributed by atoms with Gasteiger partial charge in [-0.3, -0.25) is 0 Å². The van der Waals surface area contributed by atoms with Gasteiger partial charge in [0, 0.05) is 0 Å². The summed E-state index contributed by atoms with van der Waals surface area (Å²) in [5.74, 6) is 0.440. The fraction of sp³-hybridized carbons (Fsp3) is 0.200. The molecule has 1 aromatic carbocycles. The summed E-state index contributed by atoms with van der Waals surface area (Å²) in [5, 5.41) is 13.2. The van der Waals surface area contributed by atoms with Gasteiger partial charge in [0.05, 0.1) is 12.1 Å². The number of nitrogens with zero attached hydrogens (tertiary/aromatic N) is 2. The normalized spacial score (nSPS) is 10.6. The lowest BCUT2D eigenvalue weighted by Gasteiger charge is -2.01. The number of aromatic nitrogens is 2. The van der Waals surface area contributed by atoms with Crippen molar-refractivity contribution in [1.29, 1.82) is 0 Å². The van der Waals surface area contributed by atoms with E-state index in [2.05, 4.69) is 10.1 Å². The highest BCUT2D eigenvalue weighted by molar-refractivity contribution is 5.64. The largest absolute Gasteiger partial charge is 0.507 e. The number of phenols is 1. The third-order valence-electron chi connectivity index (χ3n) is 2.10. The summed E-state index contributed by atoms with van der Waals surface area (Å²) in [4.78, 5) is 3.95. The van der Waals surface area contributed by atoms with Crippen LogP contribution in [0.4, 0.5) is 4.39 Å². The lowest BCUT2D eigenvalue weighted by Crippen LogP contribution is -1.95. The number of benzene rings is 1. The second-order valence-corrected chi connectivity index (χ2v) is 3.20. The molecule has 0 fully saturated rings. The van der Waals surface area contributed by atoms with E-state index >= 15 is 0 Å². The molecule has 1 heterocycles. The van der Waals surface area contributed by atoms with E-state index in [4.69, 9.17) is 10.3 Å². The molecule has 6 heteroatoms. The third kappa shape index (κ3) is 1.87. The Bertz CT molecular complexity index is 499. The Kier molecular flexibility index (Phi) is 2.82. The van der Waals surface area contributed by atoms with Gasteiger partial charge in [-0.2, -0.15) is 4.98 Å². The van der Waals surface area contributed by atoms with E-state index < -0.39 is 6.67 Å². The van der Waals surface area contributed by atoms with Gasteiger partial charge in [0.1, 0.15) is 12.4 Å². The van der Waals surface area contributed by atoms with Crippen LogP contribution in [0.5, 0.6) is 5.75 Å². The van der Waals surface area contributed by atoms with Crippen LogP contribution in [0.25, 0.3) is 11.4 Å². The molecule has 0 unspecified atom stereocenters. The summed E-state index contributed by atoms with van der Waals surface area (Å²) in [6.07, 6.45) is 0. The van der Waals surface area contributed by atoms with Gasteiger partial charge in [-0.15, -0.1) is 0 Å². The van der Waals surface area contributed by atoms with Gasteiger partial charge in [-0.1, -0.05) is 11.2 Å². The maximum Gasteiger partial charge on any atom is 0.240 e. The zero-order valence-electron chi connectivity index (χ0n) is 8.35. The van der Waals surface area contributed by atoms with Crippen LogP contribution in [0.3, 0.4) is 0 Å². The van der Waals surface area contributed by atoms with E-state index in [1.54, 1.807) is 0 Å². The Morgan fingerprint density at radius 2 is 2.25 bits per heavy atom. The summed E-state index contributed by atoms with van der Waals surface area (Å²) in [5.41, 5.74) is 6.09. The first kappa shape index (κ1) is 10.6. The fourth-order valence-corrected chi connectivity index (χ4v) is 1.29. The Morgan fingerprint density at radius 3 is 2.88 bits per heavy atom. The third-order valence-corrected chi connectivity index (χ3v) is 2.10. The number of aromatic hydroxyl groups is 1. The van der Waals surface area contributed by atoms with Crippen LogP contribution < -0.4 is 5.73 Å². The number of alkyl halides is 1. The van der Waals surface area contributed by atoms with Crippen molar-refractivity contribution in [2.75, 3.05) is 0 Å². The fourth-order valence-electron chi connectivity index (χ4n) is 1.29. The van der Waals surface area contributed by atoms with Gasteiger partial charge in [0.2, 0.25) is 11.7 Å². The zero-order valence-corrected chi connectivity index (χ0v) is 8.35. The minimum atomic E-state index is -0.616. The summed E-state index contributed by atoms with van der Waals surface area (Å²) in [6, 6.07) is 4.35. The van der Waals surface area contributed by atoms with Gasteiger partial charge in [-0.05, 0) is 17.7 Å². The number of hydrogen-bond donors (Lipinski definition) is 2. The summed E-state index contributed by atoms with van der Waals surface area (Å²) in [6.45, 7) is -0.495. The first-order valence-electron chi connectivity index (χ1n) is 4.65. The number of halogens is 1. The van der Waals surface area contributed by atoms with Gasteiger partial charge in [-0.25, -0.2) is 4.39 Å². The number of phenolic OH excluding ortho intramolecular Hbond substituents is 1. The van der Waals surface area contributed by atoms with E-state index in [1.807, 2.05) is 0 Å². The minimum absolute atomic E-state index is 0.0263. The Morgan fingerprint density at radius 1 is 1.44 bits per heavy atom. The summed E-state index contributed by atoms with van der Waals surface area (Å²) < 4.78 is 17.3. The average molecular weight is 223 g/mol. The molecule has 0 radical (unpaired) electrons. The number of hydrogen-bond acceptors (Lipinski definition) is 5. The Hall–Kier alpha value is -1.95. The molecule has 2 aromatic rings. The van der Waals surface area contributed by atoms with Crippen molar-refractivity contribution in [3.63, 3.8) is 0 Å². The molecule has 0 aliphatic rings. The lowest BCUT2D eigenvalue weighted by molar-refractivity contribution is 0.380. The minimum Gasteiger partial charge on any atom is -0.507 e. The second kappa shape index (κ2) is 4.28. The van der Waals surface area contributed by atoms with Crippen LogP contribution in [0, 0.1) is 0 Å². The molecule has 0 saturated heterocycles. The Balaban J connectivity index is 2.45. The van der Waals surface area contributed by atoms with Crippen molar-refractivity contribution in [2.45, 2.75) is 13.2 Å². The first-order chi connectivity index (χ1) is 7.74. The molecule has 0 aliphatic carbocycles. The maximum atomic E-state index is 12.5. The molecule has 2 rings (SSSR count). The molecule has 1 aromatic heterocycles. The second-order valence-electron chi connectivity index (χ2n) is 3.20. The molecule has 3 N–H and O–H groups in total. The van der Waals surface area contributed by atoms with E-state index in [9.17, 15) is 9.50 Å². The molecule has 84 valence electrons. The van der Waals surface area contributed by atoms with Crippen LogP contribution in [0.15, 0.2) is 22.7 Å². The van der Waals surface area contributed by atoms with Gasteiger partial charge < -0.3 is 15.4 Å². The lowest BCUT2D eigenvalue weighted by atomic mass is 10.1. The summed E-state index contributed by atoms with van der Waals surface area (Å²) in [7, 11) is 0. The van der Waals surface area contributed by atoms with Crippen LogP contribution in [-0.4, -0.2) is 15.2 Å². The summed E-state index contributed by atoms with van der Waals surface area (Å²) >= 11 is 0. The smallest absolute Gasteiger partial charge is 0.240 e. The zero-order chi connectivity index (χ0) is 11.5. The van der Waals surface area contributed by atoms with Crippen LogP contribution in [0.2, 0.25) is 0 Å². The predicted octanol–water partition coefficient (Wildman–Crippen LogP) is 1.37. The standard InChI is InChI=1S/C10H10FN3O2/c11-4-6-1-2-8(15)7(3-6)10-13-9(5-12)16-14-10/h1-3,15H,4-5,12H2. The van der Waals surface area contributed by atoms with Gasteiger partial charge >= 0.3 is 0 Å². The molecular weight excluding hydrogens is 213 g/mol. The number of nitrogens with two attached hydrogens (primary N) is 1. The molecule has 0 amide bonds. The molecule has 16 heavy (non-hydrogen) atoms. The molecule has 0 spiro atoms. The quantitative estimate of drug-likeness (QED) is 0.820. The SMILES string of the molecule is NCc1nc(-c2cc(CF)ccc2O)no1. The van der Waals surface area contributed by atoms with Gasteiger partial charge in [0.25, 0.3) is 0 Å². The predicted molar refractivity (Wildman–Crippen MR) is 54.1 cm³/mol. The van der Waals surface area contributed by atoms with Crippen LogP contribution in [0.1, 0.15) is 11.5 Å². The molecular formula is C10H10FN3O2. The van der Waals surface area contributed by atoms with Crippen molar-refractivity contribution in [1.82, 2.24) is 10.1 Å². The van der Waals surface area contributed by atoms with Crippen molar-refractivity contribution >= 4 is 0 Å². The molecule has 0 atom stereocenters. The van der Waals surface area contributed by atoms with Crippen LogP contribution in [-0.2, 0) is 13.2 Å². The van der Waals surface area contributed by atoms with E-state index in [-0.39, 0.29) is 24.0 Å². The van der Waals surface area contributed by atoms with Crippen molar-refractivity contribution in [3.8, 4) is 17.1 Å². The molecule has 0 aliphatic heterocycles. The van der Waals surface area contributed by atoms with Crippen molar-refractivity contribution in [3.05, 3.63) is 29.7 Å². The first-order valence-corrected chi connectivity index (χ1v) is 4.65. The Labute approximate surface area is 90.7 Å². The van der Waals surface area contributed by atoms with Crippen molar-refractivity contribution < 1.29 is 14.0 Å². The number of rotatable bonds is 3. The van der Waals surface area contributed by atoms with Gasteiger partial charge in [0.15, 0.2) is 0 Å². The van der Waals surface area contributed by atoms with E-state index in [0.717, 1.165) is 0 Å². The highest BCUT2D eigenvalue weighted by Gasteiger charge is 2.12. The highest BCUT2D eigenvalue weighted by atomic mass is 19.1. The average Bonchev–Trinajstić information content (AvgIpc) is 2.78.